The molecule has 0 bridgehead atoms. The number of rotatable bonds is 3. The van der Waals surface area contributed by atoms with Gasteiger partial charge in [0, 0.05) is 17.7 Å². The lowest BCUT2D eigenvalue weighted by atomic mass is 10.0. The summed E-state index contributed by atoms with van der Waals surface area (Å²) in [4.78, 5) is 15.9. The van der Waals surface area contributed by atoms with Crippen molar-refractivity contribution in [2.45, 2.75) is 26.9 Å². The molecule has 0 unspecified atom stereocenters. The van der Waals surface area contributed by atoms with Crippen LogP contribution in [0.1, 0.15) is 19.4 Å². The first-order valence-electron chi connectivity index (χ1n) is 7.87. The number of pyridine rings is 1. The molecule has 5 nitrogen and oxygen atoms in total. The van der Waals surface area contributed by atoms with Crippen LogP contribution in [0.25, 0.3) is 11.1 Å². The van der Waals surface area contributed by atoms with E-state index in [1.165, 1.54) is 6.07 Å². The zero-order valence-corrected chi connectivity index (χ0v) is 14.1. The van der Waals surface area contributed by atoms with Crippen LogP contribution in [0.2, 0.25) is 0 Å². The van der Waals surface area contributed by atoms with Crippen LogP contribution < -0.4 is 14.8 Å². The van der Waals surface area contributed by atoms with Crippen molar-refractivity contribution in [1.82, 2.24) is 4.98 Å². The third kappa shape index (κ3) is 3.70. The van der Waals surface area contributed by atoms with Gasteiger partial charge < -0.3 is 14.8 Å². The first-order valence-corrected chi connectivity index (χ1v) is 7.87. The molecule has 1 aromatic carbocycles. The van der Waals surface area contributed by atoms with Gasteiger partial charge in [0.05, 0.1) is 0 Å². The highest BCUT2D eigenvalue weighted by Crippen LogP contribution is 2.41. The summed E-state index contributed by atoms with van der Waals surface area (Å²) in [5.74, 6) is 0.489. The molecule has 0 spiro atoms. The van der Waals surface area contributed by atoms with Crippen LogP contribution in [0.15, 0.2) is 30.5 Å². The van der Waals surface area contributed by atoms with E-state index in [0.717, 1.165) is 16.7 Å². The van der Waals surface area contributed by atoms with Gasteiger partial charge >= 0.3 is 6.11 Å². The van der Waals surface area contributed by atoms with E-state index in [-0.39, 0.29) is 23.3 Å². The zero-order valence-electron chi connectivity index (χ0n) is 14.1. The van der Waals surface area contributed by atoms with Crippen LogP contribution in [0, 0.1) is 12.8 Å². The molecule has 0 radical (unpaired) electrons. The Balaban J connectivity index is 1.86. The monoisotopic (exact) mass is 348 g/mol. The number of hydrogen-bond donors (Lipinski definition) is 1. The molecule has 25 heavy (non-hydrogen) atoms. The Hall–Kier alpha value is -2.70. The van der Waals surface area contributed by atoms with E-state index in [4.69, 9.17) is 4.74 Å². The second-order valence-electron chi connectivity index (χ2n) is 6.22. The Bertz CT molecular complexity index is 805. The Kier molecular flexibility index (Phi) is 4.32. The average Bonchev–Trinajstić information content (AvgIpc) is 2.54. The molecule has 0 saturated carbocycles. The highest BCUT2D eigenvalue weighted by molar-refractivity contribution is 5.91. The molecule has 2 heterocycles. The molecule has 0 saturated heterocycles. The third-order valence-corrected chi connectivity index (χ3v) is 3.80. The van der Waals surface area contributed by atoms with Crippen molar-refractivity contribution in [2.24, 2.45) is 5.92 Å². The molecule has 7 heteroatoms. The molecule has 3 rings (SSSR count). The molecule has 0 fully saturated rings. The number of nitrogens with one attached hydrogen (secondary N) is 1. The van der Waals surface area contributed by atoms with E-state index in [2.05, 4.69) is 15.0 Å². The van der Waals surface area contributed by atoms with Gasteiger partial charge in [0.15, 0.2) is 18.1 Å². The van der Waals surface area contributed by atoms with E-state index < -0.39 is 12.7 Å². The largest absolute Gasteiger partial charge is 0.479 e. The lowest BCUT2D eigenvalue weighted by Gasteiger charge is -2.26. The first-order chi connectivity index (χ1) is 11.7. The second-order valence-corrected chi connectivity index (χ2v) is 6.22. The van der Waals surface area contributed by atoms with Crippen molar-refractivity contribution in [3.05, 3.63) is 36.0 Å². The lowest BCUT2D eigenvalue weighted by molar-refractivity contribution is -0.208. The Morgan fingerprint density at radius 3 is 2.68 bits per heavy atom. The van der Waals surface area contributed by atoms with Gasteiger partial charge in [0.25, 0.3) is 0 Å². The molecular formula is C18H18F2N2O3. The molecule has 1 aliphatic rings. The van der Waals surface area contributed by atoms with Gasteiger partial charge in [0.2, 0.25) is 5.91 Å². The van der Waals surface area contributed by atoms with Gasteiger partial charge in [-0.05, 0) is 42.3 Å². The number of carbonyl (C=O) groups excluding carboxylic acids is 1. The maximum atomic E-state index is 13.3. The van der Waals surface area contributed by atoms with Crippen molar-refractivity contribution < 1.29 is 23.0 Å². The van der Waals surface area contributed by atoms with Gasteiger partial charge in [-0.15, -0.1) is 0 Å². The summed E-state index contributed by atoms with van der Waals surface area (Å²) in [6.07, 6.45) is -1.71. The summed E-state index contributed by atoms with van der Waals surface area (Å²) in [5, 5.41) is 2.72. The van der Waals surface area contributed by atoms with Crippen molar-refractivity contribution >= 4 is 11.7 Å². The number of fused-ring (bicyclic) bond motifs is 1. The number of hydrogen-bond acceptors (Lipinski definition) is 4. The van der Waals surface area contributed by atoms with E-state index in [1.807, 2.05) is 0 Å². The Morgan fingerprint density at radius 2 is 2.04 bits per heavy atom. The van der Waals surface area contributed by atoms with Gasteiger partial charge in [-0.3, -0.25) is 4.79 Å². The lowest BCUT2D eigenvalue weighted by Crippen LogP contribution is -2.36. The summed E-state index contributed by atoms with van der Waals surface area (Å²) in [6, 6.07) is 6.67. The minimum absolute atomic E-state index is 0.0197. The number of aromatic nitrogens is 1. The number of anilines is 1. The number of alkyl halides is 2. The molecule has 132 valence electrons. The highest BCUT2D eigenvalue weighted by Gasteiger charge is 2.38. The maximum Gasteiger partial charge on any atom is 0.433 e. The van der Waals surface area contributed by atoms with E-state index in [9.17, 15) is 13.6 Å². The van der Waals surface area contributed by atoms with Crippen molar-refractivity contribution in [1.29, 1.82) is 0 Å². The smallest absolute Gasteiger partial charge is 0.433 e. The molecule has 1 aliphatic heterocycles. The van der Waals surface area contributed by atoms with E-state index in [1.54, 1.807) is 45.2 Å². The molecule has 0 aliphatic carbocycles. The van der Waals surface area contributed by atoms with Crippen LogP contribution in [0.4, 0.5) is 14.6 Å². The third-order valence-electron chi connectivity index (χ3n) is 3.80. The number of carbonyl (C=O) groups is 1. The topological polar surface area (TPSA) is 60.5 Å². The number of ether oxygens (including phenoxy) is 2. The van der Waals surface area contributed by atoms with Crippen LogP contribution in [0.3, 0.4) is 0 Å². The number of nitrogens with zero attached hydrogens (tertiary/aromatic N) is 1. The average molecular weight is 348 g/mol. The number of benzene rings is 1. The molecular weight excluding hydrogens is 330 g/mol. The van der Waals surface area contributed by atoms with Gasteiger partial charge in [-0.25, -0.2) is 4.98 Å². The minimum Gasteiger partial charge on any atom is -0.479 e. The molecule has 1 aromatic heterocycles. The molecule has 2 aromatic rings. The maximum absolute atomic E-state index is 13.3. The Labute approximate surface area is 144 Å². The molecule has 1 amide bonds. The first kappa shape index (κ1) is 17.1. The van der Waals surface area contributed by atoms with Crippen molar-refractivity contribution in [3.63, 3.8) is 0 Å². The van der Waals surface area contributed by atoms with Crippen LogP contribution in [0.5, 0.6) is 11.5 Å². The highest BCUT2D eigenvalue weighted by atomic mass is 19.3. The van der Waals surface area contributed by atoms with Gasteiger partial charge in [0.1, 0.15) is 5.82 Å². The summed E-state index contributed by atoms with van der Waals surface area (Å²) in [5.41, 5.74) is 2.33. The molecule has 1 N–H and O–H groups in total. The number of aryl methyl sites for hydroxylation is 1. The number of halogens is 2. The van der Waals surface area contributed by atoms with E-state index in [0.29, 0.717) is 5.82 Å². The number of amides is 1. The summed E-state index contributed by atoms with van der Waals surface area (Å²) in [7, 11) is 0. The van der Waals surface area contributed by atoms with Crippen LogP contribution in [-0.2, 0) is 4.79 Å². The standard InChI is InChI=1S/C18H18F2N2O3/c1-10(2)17(23)22-16-5-4-12(8-21-16)13-7-14-15(6-11(13)3)25-18(19,20)9-24-14/h4-8,10H,9H2,1-3H3,(H,21,22,23). The van der Waals surface area contributed by atoms with Crippen LogP contribution >= 0.6 is 0 Å². The quantitative estimate of drug-likeness (QED) is 0.910. The van der Waals surface area contributed by atoms with E-state index >= 15 is 0 Å². The fourth-order valence-electron chi connectivity index (χ4n) is 2.41. The van der Waals surface area contributed by atoms with Crippen molar-refractivity contribution in [2.75, 3.05) is 11.9 Å². The van der Waals surface area contributed by atoms with Gasteiger partial charge in [-0.2, -0.15) is 8.78 Å². The van der Waals surface area contributed by atoms with Crippen molar-refractivity contribution in [3.8, 4) is 22.6 Å². The Morgan fingerprint density at radius 1 is 1.28 bits per heavy atom. The summed E-state index contributed by atoms with van der Waals surface area (Å²) < 4.78 is 36.3. The van der Waals surface area contributed by atoms with Crippen LogP contribution in [-0.4, -0.2) is 23.6 Å². The predicted octanol–water partition coefficient (Wildman–Crippen LogP) is 4.02. The normalized spacial score (nSPS) is 15.1. The zero-order chi connectivity index (χ0) is 18.2. The minimum atomic E-state index is -3.32. The summed E-state index contributed by atoms with van der Waals surface area (Å²) in [6.45, 7) is 4.57. The predicted molar refractivity (Wildman–Crippen MR) is 88.9 cm³/mol. The summed E-state index contributed by atoms with van der Waals surface area (Å²) >= 11 is 0. The van der Waals surface area contributed by atoms with Gasteiger partial charge in [-0.1, -0.05) is 13.8 Å². The fraction of sp³-hybridized carbons (Fsp3) is 0.333. The second kappa shape index (κ2) is 6.31. The fourth-order valence-corrected chi connectivity index (χ4v) is 2.41. The molecule has 0 atom stereocenters. The SMILES string of the molecule is Cc1cc2c(cc1-c1ccc(NC(=O)C(C)C)nc1)OCC(F)(F)O2.